The molecule has 1 aliphatic rings. The van der Waals surface area contributed by atoms with Crippen molar-refractivity contribution in [3.63, 3.8) is 0 Å². The molecule has 2 unspecified atom stereocenters. The number of rotatable bonds is 4. The second kappa shape index (κ2) is 5.07. The van der Waals surface area contributed by atoms with Crippen molar-refractivity contribution in [2.75, 3.05) is 24.7 Å². The minimum atomic E-state index is -3.35. The summed E-state index contributed by atoms with van der Waals surface area (Å²) in [5, 5.41) is 13.3. The highest BCUT2D eigenvalue weighted by molar-refractivity contribution is 7.90. The van der Waals surface area contributed by atoms with Gasteiger partial charge in [-0.25, -0.2) is 13.4 Å². The third kappa shape index (κ3) is 3.05. The number of sulfone groups is 1. The molecule has 0 aliphatic carbocycles. The normalized spacial score (nSPS) is 27.4. The highest BCUT2D eigenvalue weighted by Crippen LogP contribution is 2.27. The quantitative estimate of drug-likeness (QED) is 0.835. The number of nitrogens with one attached hydrogen (secondary N) is 1. The Hall–Kier alpha value is -1.18. The molecule has 1 aromatic heterocycles. The van der Waals surface area contributed by atoms with Crippen molar-refractivity contribution < 1.29 is 18.3 Å². The van der Waals surface area contributed by atoms with Crippen LogP contribution in [0.4, 0.5) is 5.82 Å². The lowest BCUT2D eigenvalue weighted by atomic mass is 9.97. The molecule has 1 aromatic rings. The van der Waals surface area contributed by atoms with Crippen molar-refractivity contribution in [1.82, 2.24) is 4.98 Å². The average Bonchev–Trinajstić information content (AvgIpc) is 2.67. The van der Waals surface area contributed by atoms with Crippen LogP contribution in [0, 0.1) is 0 Å². The second-order valence-corrected chi connectivity index (χ2v) is 6.83. The van der Waals surface area contributed by atoms with Gasteiger partial charge in [-0.3, -0.25) is 0 Å². The lowest BCUT2D eigenvalue weighted by Crippen LogP contribution is -2.43. The van der Waals surface area contributed by atoms with Gasteiger partial charge >= 0.3 is 0 Å². The van der Waals surface area contributed by atoms with E-state index >= 15 is 0 Å². The van der Waals surface area contributed by atoms with Gasteiger partial charge in [0.25, 0.3) is 0 Å². The molecular weight excluding hydrogens is 268 g/mol. The largest absolute Gasteiger partial charge is 0.385 e. The van der Waals surface area contributed by atoms with E-state index in [2.05, 4.69) is 10.3 Å². The van der Waals surface area contributed by atoms with Crippen LogP contribution < -0.4 is 5.32 Å². The Morgan fingerprint density at radius 2 is 2.37 bits per heavy atom. The first-order valence-corrected chi connectivity index (χ1v) is 7.95. The Morgan fingerprint density at radius 3 is 2.95 bits per heavy atom. The molecule has 1 aliphatic heterocycles. The van der Waals surface area contributed by atoms with Gasteiger partial charge in [0.05, 0.1) is 6.10 Å². The summed E-state index contributed by atoms with van der Waals surface area (Å²) in [5.41, 5.74) is -0.994. The van der Waals surface area contributed by atoms with Gasteiger partial charge in [0, 0.05) is 32.0 Å². The van der Waals surface area contributed by atoms with Gasteiger partial charge in [-0.05, 0) is 19.1 Å². The van der Waals surface area contributed by atoms with Crippen LogP contribution >= 0.6 is 0 Å². The SMILES string of the molecule is CC1OCCC1(O)CNc1ncccc1S(C)(=O)=O. The standard InChI is InChI=1S/C12H18N2O4S/c1-9-12(15,5-7-18-9)8-14-11-10(19(2,16)17)4-3-6-13-11/h3-4,6,9,15H,5,7-8H2,1-2H3,(H,13,14). The van der Waals surface area contributed by atoms with Gasteiger partial charge in [-0.15, -0.1) is 0 Å². The number of nitrogens with zero attached hydrogens (tertiary/aromatic N) is 1. The van der Waals surface area contributed by atoms with E-state index in [1.54, 1.807) is 13.0 Å². The van der Waals surface area contributed by atoms with Crippen molar-refractivity contribution in [2.24, 2.45) is 0 Å². The van der Waals surface area contributed by atoms with Gasteiger partial charge in [-0.1, -0.05) is 0 Å². The van der Waals surface area contributed by atoms with Crippen molar-refractivity contribution in [2.45, 2.75) is 29.9 Å². The fraction of sp³-hybridized carbons (Fsp3) is 0.583. The van der Waals surface area contributed by atoms with E-state index < -0.39 is 15.4 Å². The molecule has 2 rings (SSSR count). The average molecular weight is 286 g/mol. The van der Waals surface area contributed by atoms with Crippen LogP contribution in [0.1, 0.15) is 13.3 Å². The van der Waals surface area contributed by atoms with Gasteiger partial charge in [0.1, 0.15) is 16.3 Å². The molecule has 106 valence electrons. The molecule has 1 fully saturated rings. The van der Waals surface area contributed by atoms with Crippen LogP contribution in [0.2, 0.25) is 0 Å². The topological polar surface area (TPSA) is 88.5 Å². The summed E-state index contributed by atoms with van der Waals surface area (Å²) in [7, 11) is -3.35. The van der Waals surface area contributed by atoms with Crippen LogP contribution in [0.25, 0.3) is 0 Å². The van der Waals surface area contributed by atoms with Gasteiger partial charge < -0.3 is 15.2 Å². The van der Waals surface area contributed by atoms with Crippen LogP contribution in [0.15, 0.2) is 23.2 Å². The minimum Gasteiger partial charge on any atom is -0.385 e. The number of anilines is 1. The highest BCUT2D eigenvalue weighted by atomic mass is 32.2. The highest BCUT2D eigenvalue weighted by Gasteiger charge is 2.39. The van der Waals surface area contributed by atoms with E-state index in [4.69, 9.17) is 4.74 Å². The fourth-order valence-electron chi connectivity index (χ4n) is 2.06. The Bertz CT molecular complexity index is 561. The maximum absolute atomic E-state index is 11.6. The van der Waals surface area contributed by atoms with E-state index in [0.717, 1.165) is 6.26 Å². The number of ether oxygens (including phenoxy) is 1. The summed E-state index contributed by atoms with van der Waals surface area (Å²) in [6.07, 6.45) is 2.87. The molecule has 2 heterocycles. The van der Waals surface area contributed by atoms with Crippen molar-refractivity contribution >= 4 is 15.7 Å². The molecular formula is C12H18N2O4S. The molecule has 0 radical (unpaired) electrons. The van der Waals surface area contributed by atoms with Crippen molar-refractivity contribution in [1.29, 1.82) is 0 Å². The van der Waals surface area contributed by atoms with E-state index in [1.807, 2.05) is 0 Å². The molecule has 2 N–H and O–H groups in total. The lowest BCUT2D eigenvalue weighted by molar-refractivity contribution is -0.0176. The molecule has 7 heteroatoms. The van der Waals surface area contributed by atoms with Crippen molar-refractivity contribution in [3.05, 3.63) is 18.3 Å². The molecule has 6 nitrogen and oxygen atoms in total. The number of hydrogen-bond donors (Lipinski definition) is 2. The van der Waals surface area contributed by atoms with Crippen LogP contribution in [-0.2, 0) is 14.6 Å². The summed E-state index contributed by atoms with van der Waals surface area (Å²) in [4.78, 5) is 4.15. The molecule has 0 aromatic carbocycles. The third-order valence-electron chi connectivity index (χ3n) is 3.39. The smallest absolute Gasteiger partial charge is 0.179 e. The zero-order valence-corrected chi connectivity index (χ0v) is 11.8. The van der Waals surface area contributed by atoms with E-state index in [-0.39, 0.29) is 23.4 Å². The van der Waals surface area contributed by atoms with Crippen molar-refractivity contribution in [3.8, 4) is 0 Å². The molecule has 0 amide bonds. The number of hydrogen-bond acceptors (Lipinski definition) is 6. The Morgan fingerprint density at radius 1 is 1.63 bits per heavy atom. The summed E-state index contributed by atoms with van der Waals surface area (Å²) >= 11 is 0. The maximum atomic E-state index is 11.6. The molecule has 19 heavy (non-hydrogen) atoms. The summed E-state index contributed by atoms with van der Waals surface area (Å²) < 4.78 is 28.6. The minimum absolute atomic E-state index is 0.130. The molecule has 0 saturated carbocycles. The first-order chi connectivity index (χ1) is 8.83. The molecule has 2 atom stereocenters. The first kappa shape index (κ1) is 14.2. The summed E-state index contributed by atoms with van der Waals surface area (Å²) in [6.45, 7) is 2.50. The van der Waals surface area contributed by atoms with Gasteiger partial charge in [-0.2, -0.15) is 0 Å². The monoisotopic (exact) mass is 286 g/mol. The predicted octanol–water partition coefficient (Wildman–Crippen LogP) is 0.437. The maximum Gasteiger partial charge on any atom is 0.179 e. The first-order valence-electron chi connectivity index (χ1n) is 6.06. The summed E-state index contributed by atoms with van der Waals surface area (Å²) in [6, 6.07) is 3.06. The number of aliphatic hydroxyl groups is 1. The van der Waals surface area contributed by atoms with E-state index in [1.165, 1.54) is 12.3 Å². The number of aromatic nitrogens is 1. The van der Waals surface area contributed by atoms with Crippen LogP contribution in [0.3, 0.4) is 0 Å². The molecule has 0 spiro atoms. The Balaban J connectivity index is 2.17. The second-order valence-electron chi connectivity index (χ2n) is 4.84. The third-order valence-corrected chi connectivity index (χ3v) is 4.52. The number of pyridine rings is 1. The van der Waals surface area contributed by atoms with E-state index in [0.29, 0.717) is 13.0 Å². The molecule has 0 bridgehead atoms. The fourth-order valence-corrected chi connectivity index (χ4v) is 2.86. The van der Waals surface area contributed by atoms with Gasteiger partial charge in [0.2, 0.25) is 0 Å². The van der Waals surface area contributed by atoms with Gasteiger partial charge in [0.15, 0.2) is 9.84 Å². The van der Waals surface area contributed by atoms with Crippen LogP contribution in [-0.4, -0.2) is 49.6 Å². The Kier molecular flexibility index (Phi) is 3.80. The Labute approximate surface area is 112 Å². The predicted molar refractivity (Wildman–Crippen MR) is 70.8 cm³/mol. The zero-order chi connectivity index (χ0) is 14.1. The zero-order valence-electron chi connectivity index (χ0n) is 11.0. The van der Waals surface area contributed by atoms with Crippen LogP contribution in [0.5, 0.6) is 0 Å². The molecule has 1 saturated heterocycles. The van der Waals surface area contributed by atoms with E-state index in [9.17, 15) is 13.5 Å². The lowest BCUT2D eigenvalue weighted by Gasteiger charge is -2.26. The summed E-state index contributed by atoms with van der Waals surface area (Å²) in [5.74, 6) is 0.262.